The molecule has 1 saturated heterocycles. The number of fused-ring (bicyclic) bond motifs is 2. The van der Waals surface area contributed by atoms with Gasteiger partial charge in [-0.05, 0) is 58.8 Å². The molecule has 0 amide bonds. The van der Waals surface area contributed by atoms with E-state index in [4.69, 9.17) is 0 Å². The standard InChI is InChI=1S/C30H28N4/c1-2-6-23(7-3-1)22-33-16-18-34(19-17-33)27-12-10-26(11-13-27)32-29-14-15-31-30-21-25-9-5-4-8-24(25)20-28(29)30/h1-15,20-21H,16-19,22H2,(H,31,32). The predicted octanol–water partition coefficient (Wildman–Crippen LogP) is 6.45. The van der Waals surface area contributed by atoms with Crippen LogP contribution in [-0.4, -0.2) is 36.1 Å². The molecule has 1 aliphatic heterocycles. The van der Waals surface area contributed by atoms with Crippen molar-refractivity contribution in [2.24, 2.45) is 0 Å². The molecule has 4 nitrogen and oxygen atoms in total. The van der Waals surface area contributed by atoms with E-state index >= 15 is 0 Å². The molecule has 1 N–H and O–H groups in total. The fourth-order valence-corrected chi connectivity index (χ4v) is 4.86. The van der Waals surface area contributed by atoms with Crippen LogP contribution < -0.4 is 10.2 Å². The average Bonchev–Trinajstić information content (AvgIpc) is 2.89. The lowest BCUT2D eigenvalue weighted by Gasteiger charge is -2.36. The van der Waals surface area contributed by atoms with Crippen LogP contribution in [0.25, 0.3) is 21.7 Å². The van der Waals surface area contributed by atoms with Gasteiger partial charge in [0.2, 0.25) is 0 Å². The van der Waals surface area contributed by atoms with E-state index < -0.39 is 0 Å². The first kappa shape index (κ1) is 20.7. The molecule has 1 fully saturated rings. The SMILES string of the molecule is c1ccc(CN2CCN(c3ccc(Nc4ccnc5cc6ccccc6cc45)cc3)CC2)cc1. The van der Waals surface area contributed by atoms with Crippen molar-refractivity contribution in [3.63, 3.8) is 0 Å². The normalized spacial score (nSPS) is 14.5. The van der Waals surface area contributed by atoms with Gasteiger partial charge in [-0.1, -0.05) is 54.6 Å². The van der Waals surface area contributed by atoms with Crippen LogP contribution in [-0.2, 0) is 6.54 Å². The largest absolute Gasteiger partial charge is 0.369 e. The zero-order valence-corrected chi connectivity index (χ0v) is 19.2. The first-order valence-electron chi connectivity index (χ1n) is 12.0. The Morgan fingerprint density at radius 1 is 0.706 bits per heavy atom. The van der Waals surface area contributed by atoms with Crippen LogP contribution in [0, 0.1) is 0 Å². The number of benzene rings is 4. The van der Waals surface area contributed by atoms with Gasteiger partial charge in [0, 0.05) is 61.4 Å². The van der Waals surface area contributed by atoms with Gasteiger partial charge in [-0.15, -0.1) is 0 Å². The highest BCUT2D eigenvalue weighted by molar-refractivity contribution is 6.02. The van der Waals surface area contributed by atoms with Crippen LogP contribution in [0.4, 0.5) is 17.1 Å². The first-order valence-corrected chi connectivity index (χ1v) is 12.0. The Kier molecular flexibility index (Phi) is 5.58. The molecule has 2 heterocycles. The zero-order valence-electron chi connectivity index (χ0n) is 19.2. The molecule has 0 spiro atoms. The van der Waals surface area contributed by atoms with Gasteiger partial charge >= 0.3 is 0 Å². The van der Waals surface area contributed by atoms with E-state index in [9.17, 15) is 0 Å². The Morgan fingerprint density at radius 2 is 1.41 bits per heavy atom. The molecule has 0 radical (unpaired) electrons. The van der Waals surface area contributed by atoms with Crippen molar-refractivity contribution >= 4 is 38.7 Å². The minimum atomic E-state index is 1.01. The second-order valence-electron chi connectivity index (χ2n) is 9.00. The van der Waals surface area contributed by atoms with Crippen molar-refractivity contribution in [3.8, 4) is 0 Å². The number of nitrogens with zero attached hydrogens (tertiary/aromatic N) is 3. The van der Waals surface area contributed by atoms with Crippen LogP contribution in [0.2, 0.25) is 0 Å². The summed E-state index contributed by atoms with van der Waals surface area (Å²) in [4.78, 5) is 9.62. The highest BCUT2D eigenvalue weighted by Crippen LogP contribution is 2.30. The molecular weight excluding hydrogens is 416 g/mol. The van der Waals surface area contributed by atoms with Crippen molar-refractivity contribution in [1.82, 2.24) is 9.88 Å². The molecule has 5 aromatic rings. The molecule has 1 aliphatic rings. The number of nitrogens with one attached hydrogen (secondary N) is 1. The van der Waals surface area contributed by atoms with Crippen molar-refractivity contribution in [2.45, 2.75) is 6.54 Å². The summed E-state index contributed by atoms with van der Waals surface area (Å²) >= 11 is 0. The zero-order chi connectivity index (χ0) is 22.7. The quantitative estimate of drug-likeness (QED) is 0.316. The topological polar surface area (TPSA) is 31.4 Å². The highest BCUT2D eigenvalue weighted by Gasteiger charge is 2.17. The number of pyridine rings is 1. The number of aromatic nitrogens is 1. The van der Waals surface area contributed by atoms with Crippen LogP contribution in [0.1, 0.15) is 5.56 Å². The predicted molar refractivity (Wildman–Crippen MR) is 143 cm³/mol. The number of hydrogen-bond acceptors (Lipinski definition) is 4. The third-order valence-electron chi connectivity index (χ3n) is 6.74. The number of piperazine rings is 1. The van der Waals surface area contributed by atoms with Gasteiger partial charge in [-0.25, -0.2) is 0 Å². The number of hydrogen-bond donors (Lipinski definition) is 1. The third kappa shape index (κ3) is 4.33. The van der Waals surface area contributed by atoms with Crippen molar-refractivity contribution in [1.29, 1.82) is 0 Å². The summed E-state index contributed by atoms with van der Waals surface area (Å²) in [5.74, 6) is 0. The Balaban J connectivity index is 1.14. The van der Waals surface area contributed by atoms with E-state index in [1.807, 2.05) is 6.20 Å². The van der Waals surface area contributed by atoms with Crippen molar-refractivity contribution in [3.05, 3.63) is 109 Å². The van der Waals surface area contributed by atoms with Gasteiger partial charge in [-0.2, -0.15) is 0 Å². The van der Waals surface area contributed by atoms with Gasteiger partial charge in [0.1, 0.15) is 0 Å². The van der Waals surface area contributed by atoms with Crippen LogP contribution in [0.3, 0.4) is 0 Å². The molecule has 1 aromatic heterocycles. The monoisotopic (exact) mass is 444 g/mol. The maximum atomic E-state index is 4.59. The van der Waals surface area contributed by atoms with E-state index in [2.05, 4.69) is 117 Å². The van der Waals surface area contributed by atoms with Gasteiger partial charge in [0.15, 0.2) is 0 Å². The molecule has 6 rings (SSSR count). The minimum absolute atomic E-state index is 1.01. The second-order valence-corrected chi connectivity index (χ2v) is 9.00. The van der Waals surface area contributed by atoms with Crippen molar-refractivity contribution < 1.29 is 0 Å². The number of rotatable bonds is 5. The van der Waals surface area contributed by atoms with Gasteiger partial charge in [-0.3, -0.25) is 9.88 Å². The molecule has 0 bridgehead atoms. The molecule has 4 heteroatoms. The Morgan fingerprint density at radius 3 is 2.18 bits per heavy atom. The lowest BCUT2D eigenvalue weighted by molar-refractivity contribution is 0.250. The Labute approximate surface area is 200 Å². The summed E-state index contributed by atoms with van der Waals surface area (Å²) in [5, 5.41) is 7.19. The van der Waals surface area contributed by atoms with E-state index in [0.717, 1.165) is 55.0 Å². The van der Waals surface area contributed by atoms with Crippen LogP contribution >= 0.6 is 0 Å². The van der Waals surface area contributed by atoms with E-state index in [1.165, 1.54) is 22.0 Å². The average molecular weight is 445 g/mol. The first-order chi connectivity index (χ1) is 16.8. The number of anilines is 3. The molecule has 34 heavy (non-hydrogen) atoms. The summed E-state index contributed by atoms with van der Waals surface area (Å²) in [5.41, 5.74) is 5.86. The van der Waals surface area contributed by atoms with E-state index in [0.29, 0.717) is 0 Å². The van der Waals surface area contributed by atoms with Crippen molar-refractivity contribution in [2.75, 3.05) is 36.4 Å². The molecule has 0 aliphatic carbocycles. The van der Waals surface area contributed by atoms with Gasteiger partial charge in [0.25, 0.3) is 0 Å². The third-order valence-corrected chi connectivity index (χ3v) is 6.74. The van der Waals surface area contributed by atoms with Gasteiger partial charge < -0.3 is 10.2 Å². The Bertz CT molecular complexity index is 1400. The van der Waals surface area contributed by atoms with Crippen LogP contribution in [0.15, 0.2) is 103 Å². The molecule has 4 aromatic carbocycles. The lowest BCUT2D eigenvalue weighted by Crippen LogP contribution is -2.45. The summed E-state index contributed by atoms with van der Waals surface area (Å²) in [6.07, 6.45) is 1.88. The molecule has 0 unspecified atom stereocenters. The van der Waals surface area contributed by atoms with Gasteiger partial charge in [0.05, 0.1) is 5.52 Å². The highest BCUT2D eigenvalue weighted by atomic mass is 15.3. The maximum absolute atomic E-state index is 4.59. The fraction of sp³-hybridized carbons (Fsp3) is 0.167. The molecule has 168 valence electrons. The molecule has 0 saturated carbocycles. The minimum Gasteiger partial charge on any atom is -0.369 e. The Hall–Kier alpha value is -3.89. The van der Waals surface area contributed by atoms with E-state index in [-0.39, 0.29) is 0 Å². The molecular formula is C30H28N4. The lowest BCUT2D eigenvalue weighted by atomic mass is 10.1. The van der Waals surface area contributed by atoms with E-state index in [1.54, 1.807) is 0 Å². The second kappa shape index (κ2) is 9.16. The van der Waals surface area contributed by atoms with Crippen LogP contribution in [0.5, 0.6) is 0 Å². The summed E-state index contributed by atoms with van der Waals surface area (Å²) < 4.78 is 0. The molecule has 0 atom stereocenters. The summed E-state index contributed by atoms with van der Waals surface area (Å²) in [6.45, 7) is 5.33. The fourth-order valence-electron chi connectivity index (χ4n) is 4.86. The smallest absolute Gasteiger partial charge is 0.0729 e. The maximum Gasteiger partial charge on any atom is 0.0729 e. The summed E-state index contributed by atoms with van der Waals surface area (Å²) in [7, 11) is 0. The summed E-state index contributed by atoms with van der Waals surface area (Å²) in [6, 6.07) is 34.5.